The summed E-state index contributed by atoms with van der Waals surface area (Å²) >= 11 is 0. The molecule has 0 unspecified atom stereocenters. The third-order valence-electron chi connectivity index (χ3n) is 10.5. The van der Waals surface area contributed by atoms with Crippen molar-refractivity contribution < 1.29 is 14.3 Å². The number of carbonyl (C=O) groups excluding carboxylic acids is 1. The van der Waals surface area contributed by atoms with Crippen molar-refractivity contribution in [3.63, 3.8) is 0 Å². The first-order valence-electron chi connectivity index (χ1n) is 12.5. The number of carbonyl (C=O) groups is 1. The van der Waals surface area contributed by atoms with Gasteiger partial charge in [0.2, 0.25) is 5.91 Å². The summed E-state index contributed by atoms with van der Waals surface area (Å²) in [5.74, 6) is 1.61. The summed E-state index contributed by atoms with van der Waals surface area (Å²) in [6.07, 6.45) is 10.9. The highest BCUT2D eigenvalue weighted by Gasteiger charge is 2.67. The summed E-state index contributed by atoms with van der Waals surface area (Å²) in [5, 5.41) is 15.4. The molecule has 0 radical (unpaired) electrons. The molecule has 0 aromatic carbocycles. The number of hydrogen-bond acceptors (Lipinski definition) is 5. The van der Waals surface area contributed by atoms with Crippen LogP contribution < -0.4 is 16.7 Å². The summed E-state index contributed by atoms with van der Waals surface area (Å²) in [6.45, 7) is 4.79. The lowest BCUT2D eigenvalue weighted by atomic mass is 9.43. The zero-order valence-corrected chi connectivity index (χ0v) is 19.4. The van der Waals surface area contributed by atoms with E-state index in [9.17, 15) is 14.7 Å². The van der Waals surface area contributed by atoms with Crippen molar-refractivity contribution in [1.29, 1.82) is 0 Å². The maximum Gasteiger partial charge on any atom is 0.335 e. The Kier molecular flexibility index (Phi) is 5.33. The molecule has 1 aromatic rings. The molecule has 5 rings (SSSR count). The van der Waals surface area contributed by atoms with Crippen molar-refractivity contribution >= 4 is 5.91 Å². The fourth-order valence-corrected chi connectivity index (χ4v) is 8.74. The largest absolute Gasteiger partial charge is 0.431 e. The summed E-state index contributed by atoms with van der Waals surface area (Å²) in [5.41, 5.74) is 5.61. The van der Waals surface area contributed by atoms with Crippen LogP contribution in [0.3, 0.4) is 0 Å². The fourth-order valence-electron chi connectivity index (χ4n) is 8.74. The van der Waals surface area contributed by atoms with Crippen molar-refractivity contribution in [3.8, 4) is 0 Å². The average molecular weight is 443 g/mol. The Hall–Kier alpha value is -1.66. The molecule has 1 heterocycles. The van der Waals surface area contributed by atoms with Gasteiger partial charge in [0.15, 0.2) is 0 Å². The second-order valence-corrected chi connectivity index (χ2v) is 11.6. The van der Waals surface area contributed by atoms with Crippen LogP contribution in [0.1, 0.15) is 83.1 Å². The SMILES string of the molecule is C[C@]12CC[C@H](NC(=O)CN)C[C@H]1CC[C@@H]1[C@@H]2CC[C@]2(C)[C@@H](c3ccc(=O)oc3)CC[C@]12O. The number of fused-ring (bicyclic) bond motifs is 5. The summed E-state index contributed by atoms with van der Waals surface area (Å²) in [7, 11) is 0. The molecule has 0 bridgehead atoms. The molecule has 4 aliphatic carbocycles. The van der Waals surface area contributed by atoms with E-state index in [0.717, 1.165) is 63.4 Å². The predicted octanol–water partition coefficient (Wildman–Crippen LogP) is 3.32. The fraction of sp³-hybridized carbons (Fsp3) is 0.769. The van der Waals surface area contributed by atoms with Gasteiger partial charge in [-0.2, -0.15) is 0 Å². The molecule has 6 heteroatoms. The molecule has 4 saturated carbocycles. The Morgan fingerprint density at radius 2 is 1.94 bits per heavy atom. The summed E-state index contributed by atoms with van der Waals surface area (Å²) < 4.78 is 5.19. The van der Waals surface area contributed by atoms with E-state index in [1.165, 1.54) is 6.07 Å². The number of aliphatic hydroxyl groups is 1. The lowest BCUT2D eigenvalue weighted by molar-refractivity contribution is -0.202. The molecule has 4 aliphatic rings. The van der Waals surface area contributed by atoms with Crippen LogP contribution in [0.4, 0.5) is 0 Å². The second kappa shape index (κ2) is 7.69. The second-order valence-electron chi connectivity index (χ2n) is 11.6. The van der Waals surface area contributed by atoms with Crippen molar-refractivity contribution in [1.82, 2.24) is 5.32 Å². The first-order chi connectivity index (χ1) is 15.2. The molecule has 1 amide bonds. The lowest BCUT2D eigenvalue weighted by Gasteiger charge is -2.63. The molecule has 176 valence electrons. The molecule has 32 heavy (non-hydrogen) atoms. The molecule has 4 fully saturated rings. The highest BCUT2D eigenvalue weighted by atomic mass is 16.4. The van der Waals surface area contributed by atoms with Gasteiger partial charge in [-0.3, -0.25) is 4.79 Å². The first-order valence-corrected chi connectivity index (χ1v) is 12.5. The van der Waals surface area contributed by atoms with Crippen LogP contribution in [0.25, 0.3) is 0 Å². The van der Waals surface area contributed by atoms with E-state index in [-0.39, 0.29) is 40.9 Å². The monoisotopic (exact) mass is 442 g/mol. The smallest absolute Gasteiger partial charge is 0.335 e. The van der Waals surface area contributed by atoms with Gasteiger partial charge in [-0.05, 0) is 98.5 Å². The lowest BCUT2D eigenvalue weighted by Crippen LogP contribution is -2.62. The molecular weight excluding hydrogens is 404 g/mol. The Balaban J connectivity index is 1.39. The molecule has 4 N–H and O–H groups in total. The number of nitrogens with two attached hydrogens (primary N) is 1. The molecular formula is C26H38N2O4. The number of rotatable bonds is 3. The molecule has 1 aromatic heterocycles. The third-order valence-corrected chi connectivity index (χ3v) is 10.5. The van der Waals surface area contributed by atoms with Crippen molar-refractivity contribution in [2.24, 2.45) is 34.3 Å². The zero-order chi connectivity index (χ0) is 22.7. The van der Waals surface area contributed by atoms with E-state index in [0.29, 0.717) is 17.8 Å². The van der Waals surface area contributed by atoms with Crippen LogP contribution in [0.2, 0.25) is 0 Å². The molecule has 0 aliphatic heterocycles. The number of amides is 1. The van der Waals surface area contributed by atoms with Crippen molar-refractivity contribution in [3.05, 3.63) is 34.4 Å². The van der Waals surface area contributed by atoms with Crippen molar-refractivity contribution in [2.75, 3.05) is 6.54 Å². The minimum Gasteiger partial charge on any atom is -0.431 e. The van der Waals surface area contributed by atoms with E-state index in [4.69, 9.17) is 10.2 Å². The van der Waals surface area contributed by atoms with Crippen LogP contribution in [0.5, 0.6) is 0 Å². The summed E-state index contributed by atoms with van der Waals surface area (Å²) in [6, 6.07) is 3.64. The molecule has 0 spiro atoms. The van der Waals surface area contributed by atoms with E-state index in [1.807, 2.05) is 6.07 Å². The predicted molar refractivity (Wildman–Crippen MR) is 122 cm³/mol. The molecule has 8 atom stereocenters. The highest BCUT2D eigenvalue weighted by molar-refractivity contribution is 5.78. The van der Waals surface area contributed by atoms with Crippen LogP contribution in [0.15, 0.2) is 27.6 Å². The first kappa shape index (κ1) is 22.1. The number of nitrogens with one attached hydrogen (secondary N) is 1. The number of hydrogen-bond donors (Lipinski definition) is 3. The van der Waals surface area contributed by atoms with Crippen LogP contribution >= 0.6 is 0 Å². The maximum atomic E-state index is 12.3. The van der Waals surface area contributed by atoms with Gasteiger partial charge < -0.3 is 20.6 Å². The Morgan fingerprint density at radius 1 is 1.12 bits per heavy atom. The summed E-state index contributed by atoms with van der Waals surface area (Å²) in [4.78, 5) is 23.3. The Morgan fingerprint density at radius 3 is 2.66 bits per heavy atom. The van der Waals surface area contributed by atoms with Gasteiger partial charge in [-0.1, -0.05) is 13.8 Å². The van der Waals surface area contributed by atoms with Gasteiger partial charge in [0.25, 0.3) is 0 Å². The van der Waals surface area contributed by atoms with E-state index in [2.05, 4.69) is 19.2 Å². The van der Waals surface area contributed by atoms with Gasteiger partial charge in [0.05, 0.1) is 18.4 Å². The van der Waals surface area contributed by atoms with Gasteiger partial charge in [0, 0.05) is 17.5 Å². The van der Waals surface area contributed by atoms with Crippen molar-refractivity contribution in [2.45, 2.75) is 89.2 Å². The van der Waals surface area contributed by atoms with E-state index in [1.54, 1.807) is 6.26 Å². The average Bonchev–Trinajstić information content (AvgIpc) is 3.06. The Bertz CT molecular complexity index is 926. The van der Waals surface area contributed by atoms with E-state index >= 15 is 0 Å². The minimum atomic E-state index is -0.671. The molecule has 0 saturated heterocycles. The van der Waals surface area contributed by atoms with Crippen LogP contribution in [0, 0.1) is 28.6 Å². The van der Waals surface area contributed by atoms with Gasteiger partial charge in [-0.25, -0.2) is 4.79 Å². The standard InChI is InChI=1S/C26H38N2O4/c1-24-10-7-18(28-22(29)14-27)13-17(24)4-5-21-20(24)8-11-25(2)19(9-12-26(21,25)31)16-3-6-23(30)32-15-16/h3,6,15,17-21,31H,4-5,7-14,27H2,1-2H3,(H,28,29)/t17-,18+,19-,20+,21-,24+,25-,26+/m1/s1. The highest BCUT2D eigenvalue weighted by Crippen LogP contribution is 2.70. The van der Waals surface area contributed by atoms with Gasteiger partial charge in [0.1, 0.15) is 0 Å². The zero-order valence-electron chi connectivity index (χ0n) is 19.4. The topological polar surface area (TPSA) is 106 Å². The van der Waals surface area contributed by atoms with Crippen LogP contribution in [-0.4, -0.2) is 29.2 Å². The quantitative estimate of drug-likeness (QED) is 0.666. The normalized spacial score (nSPS) is 45.4. The maximum absolute atomic E-state index is 12.3. The molecule has 6 nitrogen and oxygen atoms in total. The minimum absolute atomic E-state index is 0.0521. The van der Waals surface area contributed by atoms with Gasteiger partial charge in [-0.15, -0.1) is 0 Å². The third kappa shape index (κ3) is 3.12. The van der Waals surface area contributed by atoms with Crippen LogP contribution in [-0.2, 0) is 4.79 Å². The van der Waals surface area contributed by atoms with E-state index < -0.39 is 5.60 Å². The van der Waals surface area contributed by atoms with Gasteiger partial charge >= 0.3 is 5.63 Å². The Labute approximate surface area is 190 Å².